The van der Waals surface area contributed by atoms with Gasteiger partial charge in [0.15, 0.2) is 0 Å². The van der Waals surface area contributed by atoms with Crippen LogP contribution < -0.4 is 5.73 Å². The second-order valence-corrected chi connectivity index (χ2v) is 3.12. The maximum Gasteiger partial charge on any atom is 0.105 e. The van der Waals surface area contributed by atoms with Crippen molar-refractivity contribution in [2.75, 3.05) is 0 Å². The molecule has 0 saturated carbocycles. The SMILES string of the molecule is Cc1ccc(CC(N)C(C)O)o1. The number of rotatable bonds is 3. The van der Waals surface area contributed by atoms with Gasteiger partial charge in [-0.2, -0.15) is 0 Å². The van der Waals surface area contributed by atoms with Crippen molar-refractivity contribution in [3.63, 3.8) is 0 Å². The number of furan rings is 1. The predicted molar refractivity (Wildman–Crippen MR) is 46.8 cm³/mol. The molecule has 2 unspecified atom stereocenters. The van der Waals surface area contributed by atoms with Gasteiger partial charge in [0.1, 0.15) is 11.5 Å². The standard InChI is InChI=1S/C9H15NO2/c1-6-3-4-8(12-6)5-9(10)7(2)11/h3-4,7,9,11H,5,10H2,1-2H3. The second kappa shape index (κ2) is 3.74. The maximum atomic E-state index is 9.12. The van der Waals surface area contributed by atoms with Crippen LogP contribution in [0, 0.1) is 6.92 Å². The van der Waals surface area contributed by atoms with E-state index in [1.807, 2.05) is 19.1 Å². The third-order valence-electron chi connectivity index (χ3n) is 1.85. The summed E-state index contributed by atoms with van der Waals surface area (Å²) in [5, 5.41) is 9.12. The van der Waals surface area contributed by atoms with E-state index in [0.29, 0.717) is 6.42 Å². The van der Waals surface area contributed by atoms with Gasteiger partial charge in [-0.15, -0.1) is 0 Å². The van der Waals surface area contributed by atoms with Gasteiger partial charge in [-0.1, -0.05) is 0 Å². The molecule has 0 aliphatic carbocycles. The minimum atomic E-state index is -0.490. The summed E-state index contributed by atoms with van der Waals surface area (Å²) in [5.41, 5.74) is 5.65. The number of aliphatic hydroxyl groups is 1. The van der Waals surface area contributed by atoms with Crippen LogP contribution in [0.5, 0.6) is 0 Å². The molecule has 1 aromatic heterocycles. The zero-order valence-corrected chi connectivity index (χ0v) is 7.45. The first-order chi connectivity index (χ1) is 5.59. The Kier molecular flexibility index (Phi) is 2.89. The molecule has 0 bridgehead atoms. The van der Waals surface area contributed by atoms with E-state index < -0.39 is 6.10 Å². The Balaban J connectivity index is 2.52. The molecule has 3 N–H and O–H groups in total. The Bertz CT molecular complexity index is 242. The molecule has 12 heavy (non-hydrogen) atoms. The van der Waals surface area contributed by atoms with Gasteiger partial charge in [-0.05, 0) is 26.0 Å². The molecule has 1 rings (SSSR count). The molecule has 0 fully saturated rings. The molecule has 0 saturated heterocycles. The average Bonchev–Trinajstić information content (AvgIpc) is 2.35. The van der Waals surface area contributed by atoms with Crippen LogP contribution in [0.1, 0.15) is 18.4 Å². The van der Waals surface area contributed by atoms with Crippen LogP contribution in [0.25, 0.3) is 0 Å². The minimum Gasteiger partial charge on any atom is -0.466 e. The lowest BCUT2D eigenvalue weighted by molar-refractivity contribution is 0.160. The predicted octanol–water partition coefficient (Wildman–Crippen LogP) is 0.839. The molecule has 0 amide bonds. The van der Waals surface area contributed by atoms with Crippen LogP contribution in [0.15, 0.2) is 16.5 Å². The van der Waals surface area contributed by atoms with E-state index in [4.69, 9.17) is 15.3 Å². The highest BCUT2D eigenvalue weighted by molar-refractivity contribution is 5.07. The van der Waals surface area contributed by atoms with Gasteiger partial charge in [0.25, 0.3) is 0 Å². The molecule has 0 spiro atoms. The molecule has 0 aliphatic heterocycles. The van der Waals surface area contributed by atoms with E-state index in [2.05, 4.69) is 0 Å². The highest BCUT2D eigenvalue weighted by atomic mass is 16.3. The van der Waals surface area contributed by atoms with Crippen molar-refractivity contribution in [3.05, 3.63) is 23.7 Å². The highest BCUT2D eigenvalue weighted by Crippen LogP contribution is 2.09. The van der Waals surface area contributed by atoms with Gasteiger partial charge >= 0.3 is 0 Å². The first-order valence-corrected chi connectivity index (χ1v) is 4.08. The van der Waals surface area contributed by atoms with Crippen LogP contribution in [-0.4, -0.2) is 17.3 Å². The van der Waals surface area contributed by atoms with Gasteiger partial charge in [0, 0.05) is 12.5 Å². The normalized spacial score (nSPS) is 16.0. The Hall–Kier alpha value is -0.800. The van der Waals surface area contributed by atoms with Crippen molar-refractivity contribution in [3.8, 4) is 0 Å². The van der Waals surface area contributed by atoms with Crippen molar-refractivity contribution < 1.29 is 9.52 Å². The summed E-state index contributed by atoms with van der Waals surface area (Å²) in [7, 11) is 0. The molecule has 0 aromatic carbocycles. The van der Waals surface area contributed by atoms with Crippen molar-refractivity contribution in [2.45, 2.75) is 32.4 Å². The Labute approximate surface area is 72.2 Å². The topological polar surface area (TPSA) is 59.4 Å². The third-order valence-corrected chi connectivity index (χ3v) is 1.85. The van der Waals surface area contributed by atoms with Gasteiger partial charge < -0.3 is 15.3 Å². The van der Waals surface area contributed by atoms with Gasteiger partial charge in [0.2, 0.25) is 0 Å². The summed E-state index contributed by atoms with van der Waals surface area (Å²) in [6.07, 6.45) is 0.0984. The van der Waals surface area contributed by atoms with Crippen LogP contribution in [-0.2, 0) is 6.42 Å². The molecular weight excluding hydrogens is 154 g/mol. The highest BCUT2D eigenvalue weighted by Gasteiger charge is 2.11. The largest absolute Gasteiger partial charge is 0.466 e. The number of aliphatic hydroxyl groups excluding tert-OH is 1. The number of hydrogen-bond acceptors (Lipinski definition) is 3. The van der Waals surface area contributed by atoms with E-state index in [0.717, 1.165) is 11.5 Å². The van der Waals surface area contributed by atoms with Crippen molar-refractivity contribution >= 4 is 0 Å². The fourth-order valence-corrected chi connectivity index (χ4v) is 0.998. The van der Waals surface area contributed by atoms with E-state index in [1.165, 1.54) is 0 Å². The monoisotopic (exact) mass is 169 g/mol. The summed E-state index contributed by atoms with van der Waals surface area (Å²) >= 11 is 0. The quantitative estimate of drug-likeness (QED) is 0.704. The third kappa shape index (κ3) is 2.36. The minimum absolute atomic E-state index is 0.240. The Morgan fingerprint density at radius 3 is 2.67 bits per heavy atom. The lowest BCUT2D eigenvalue weighted by Gasteiger charge is -2.12. The van der Waals surface area contributed by atoms with Gasteiger partial charge in [-0.3, -0.25) is 0 Å². The molecule has 2 atom stereocenters. The van der Waals surface area contributed by atoms with E-state index in [1.54, 1.807) is 6.92 Å². The Morgan fingerprint density at radius 1 is 1.58 bits per heavy atom. The second-order valence-electron chi connectivity index (χ2n) is 3.12. The van der Waals surface area contributed by atoms with Crippen LogP contribution in [0.4, 0.5) is 0 Å². The molecule has 68 valence electrons. The van der Waals surface area contributed by atoms with Crippen LogP contribution in [0.3, 0.4) is 0 Å². The van der Waals surface area contributed by atoms with Gasteiger partial charge in [0.05, 0.1) is 6.10 Å². The lowest BCUT2D eigenvalue weighted by Crippen LogP contribution is -2.34. The fourth-order valence-electron chi connectivity index (χ4n) is 0.998. The smallest absolute Gasteiger partial charge is 0.105 e. The lowest BCUT2D eigenvalue weighted by atomic mass is 10.1. The molecule has 3 heteroatoms. The first-order valence-electron chi connectivity index (χ1n) is 4.08. The van der Waals surface area contributed by atoms with Crippen molar-refractivity contribution in [1.29, 1.82) is 0 Å². The molecule has 3 nitrogen and oxygen atoms in total. The van der Waals surface area contributed by atoms with E-state index in [-0.39, 0.29) is 6.04 Å². The molecule has 1 heterocycles. The summed E-state index contributed by atoms with van der Waals surface area (Å²) in [6.45, 7) is 3.57. The van der Waals surface area contributed by atoms with Crippen LogP contribution >= 0.6 is 0 Å². The summed E-state index contributed by atoms with van der Waals surface area (Å²) in [6, 6.07) is 3.54. The Morgan fingerprint density at radius 2 is 2.25 bits per heavy atom. The van der Waals surface area contributed by atoms with E-state index >= 15 is 0 Å². The first kappa shape index (κ1) is 9.29. The molecule has 0 aliphatic rings. The van der Waals surface area contributed by atoms with E-state index in [9.17, 15) is 0 Å². The number of hydrogen-bond donors (Lipinski definition) is 2. The average molecular weight is 169 g/mol. The number of nitrogens with two attached hydrogens (primary N) is 1. The van der Waals surface area contributed by atoms with Crippen molar-refractivity contribution in [1.82, 2.24) is 0 Å². The fraction of sp³-hybridized carbons (Fsp3) is 0.556. The molecular formula is C9H15NO2. The molecule has 1 aromatic rings. The number of aryl methyl sites for hydroxylation is 1. The zero-order valence-electron chi connectivity index (χ0n) is 7.45. The summed E-state index contributed by atoms with van der Waals surface area (Å²) < 4.78 is 5.31. The van der Waals surface area contributed by atoms with Crippen LogP contribution in [0.2, 0.25) is 0 Å². The summed E-state index contributed by atoms with van der Waals surface area (Å²) in [5.74, 6) is 1.71. The van der Waals surface area contributed by atoms with Gasteiger partial charge in [-0.25, -0.2) is 0 Å². The summed E-state index contributed by atoms with van der Waals surface area (Å²) in [4.78, 5) is 0. The zero-order chi connectivity index (χ0) is 9.14. The maximum absolute atomic E-state index is 9.12. The molecule has 0 radical (unpaired) electrons. The van der Waals surface area contributed by atoms with Crippen molar-refractivity contribution in [2.24, 2.45) is 5.73 Å².